The number of carbonyl (C=O) groups excluding carboxylic acids is 1. The standard InChI is InChI=1S/C24H30BrClN2O2/c1-16(2)30-22-3-4-23(25)19(15-22)11-17-5-8-28(9-6-17)10-7-18-12-20(24(27)29)14-21(26)13-18/h3-4,12-17H,5-11H2,1-2H3,(H2,27,29). The van der Waals surface area contributed by atoms with Crippen LogP contribution in [0.5, 0.6) is 5.75 Å². The highest BCUT2D eigenvalue weighted by Crippen LogP contribution is 2.29. The van der Waals surface area contributed by atoms with Crippen molar-refractivity contribution in [2.45, 2.75) is 45.6 Å². The summed E-state index contributed by atoms with van der Waals surface area (Å²) in [6.07, 6.45) is 4.49. The van der Waals surface area contributed by atoms with Gasteiger partial charge in [0.25, 0.3) is 0 Å². The van der Waals surface area contributed by atoms with Gasteiger partial charge in [0.1, 0.15) is 5.75 Å². The Balaban J connectivity index is 1.50. The Hall–Kier alpha value is -1.56. The van der Waals surface area contributed by atoms with E-state index in [4.69, 9.17) is 22.1 Å². The maximum absolute atomic E-state index is 11.4. The molecule has 2 aromatic carbocycles. The lowest BCUT2D eigenvalue weighted by Crippen LogP contribution is -2.35. The Morgan fingerprint density at radius 1 is 1.23 bits per heavy atom. The van der Waals surface area contributed by atoms with E-state index >= 15 is 0 Å². The number of piperidine rings is 1. The second kappa shape index (κ2) is 10.7. The van der Waals surface area contributed by atoms with Crippen LogP contribution in [0.3, 0.4) is 0 Å². The maximum atomic E-state index is 11.4. The van der Waals surface area contributed by atoms with Crippen LogP contribution < -0.4 is 10.5 Å². The van der Waals surface area contributed by atoms with E-state index in [9.17, 15) is 4.79 Å². The molecule has 1 saturated heterocycles. The molecule has 0 radical (unpaired) electrons. The van der Waals surface area contributed by atoms with Crippen molar-refractivity contribution in [1.29, 1.82) is 0 Å². The molecule has 1 aliphatic rings. The van der Waals surface area contributed by atoms with Crippen molar-refractivity contribution in [2.24, 2.45) is 11.7 Å². The Morgan fingerprint density at radius 3 is 2.63 bits per heavy atom. The molecule has 30 heavy (non-hydrogen) atoms. The molecule has 0 unspecified atom stereocenters. The molecule has 1 heterocycles. The first-order valence-corrected chi connectivity index (χ1v) is 11.7. The Labute approximate surface area is 192 Å². The molecule has 1 amide bonds. The van der Waals surface area contributed by atoms with Crippen LogP contribution >= 0.6 is 27.5 Å². The first-order chi connectivity index (χ1) is 14.3. The van der Waals surface area contributed by atoms with E-state index in [1.165, 1.54) is 18.4 Å². The van der Waals surface area contributed by atoms with Crippen LogP contribution in [-0.2, 0) is 12.8 Å². The Morgan fingerprint density at radius 2 is 1.97 bits per heavy atom. The molecule has 0 atom stereocenters. The van der Waals surface area contributed by atoms with Gasteiger partial charge < -0.3 is 15.4 Å². The quantitative estimate of drug-likeness (QED) is 0.529. The summed E-state index contributed by atoms with van der Waals surface area (Å²) in [5, 5.41) is 0.564. The average molecular weight is 494 g/mol. The number of nitrogens with zero attached hydrogens (tertiary/aromatic N) is 1. The number of ether oxygens (including phenoxy) is 1. The Kier molecular flexibility index (Phi) is 8.20. The third kappa shape index (κ3) is 6.73. The molecule has 0 spiro atoms. The van der Waals surface area contributed by atoms with E-state index in [0.29, 0.717) is 16.5 Å². The first kappa shape index (κ1) is 23.1. The monoisotopic (exact) mass is 492 g/mol. The van der Waals surface area contributed by atoms with Gasteiger partial charge in [0.05, 0.1) is 6.10 Å². The number of rotatable bonds is 8. The summed E-state index contributed by atoms with van der Waals surface area (Å²) in [5.74, 6) is 1.19. The summed E-state index contributed by atoms with van der Waals surface area (Å²) in [6.45, 7) is 7.25. The molecule has 1 aliphatic heterocycles. The van der Waals surface area contributed by atoms with Gasteiger partial charge in [0.2, 0.25) is 5.91 Å². The van der Waals surface area contributed by atoms with Crippen LogP contribution in [-0.4, -0.2) is 36.5 Å². The lowest BCUT2D eigenvalue weighted by Gasteiger charge is -2.32. The van der Waals surface area contributed by atoms with Crippen LogP contribution in [0.1, 0.15) is 48.2 Å². The lowest BCUT2D eigenvalue weighted by atomic mass is 9.90. The molecule has 1 fully saturated rings. The fraction of sp³-hybridized carbons (Fsp3) is 0.458. The van der Waals surface area contributed by atoms with Crippen LogP contribution in [0, 0.1) is 5.92 Å². The van der Waals surface area contributed by atoms with Gasteiger partial charge in [0.15, 0.2) is 0 Å². The smallest absolute Gasteiger partial charge is 0.248 e. The second-order valence-corrected chi connectivity index (χ2v) is 9.66. The van der Waals surface area contributed by atoms with Crippen molar-refractivity contribution in [2.75, 3.05) is 19.6 Å². The summed E-state index contributed by atoms with van der Waals surface area (Å²) < 4.78 is 7.01. The summed E-state index contributed by atoms with van der Waals surface area (Å²) in [7, 11) is 0. The zero-order valence-electron chi connectivity index (χ0n) is 17.7. The number of nitrogens with two attached hydrogens (primary N) is 1. The molecule has 162 valence electrons. The highest BCUT2D eigenvalue weighted by Gasteiger charge is 2.20. The number of halogens is 2. The zero-order valence-corrected chi connectivity index (χ0v) is 20.0. The van der Waals surface area contributed by atoms with Gasteiger partial charge in [0, 0.05) is 21.6 Å². The molecule has 0 bridgehead atoms. The molecule has 0 aliphatic carbocycles. The predicted molar refractivity (Wildman–Crippen MR) is 126 cm³/mol. The lowest BCUT2D eigenvalue weighted by molar-refractivity contribution is 0.1000. The molecule has 2 N–H and O–H groups in total. The van der Waals surface area contributed by atoms with E-state index in [0.717, 1.165) is 48.3 Å². The van der Waals surface area contributed by atoms with Crippen LogP contribution in [0.25, 0.3) is 0 Å². The van der Waals surface area contributed by atoms with Gasteiger partial charge in [-0.25, -0.2) is 0 Å². The fourth-order valence-corrected chi connectivity index (χ4v) is 4.67. The third-order valence-electron chi connectivity index (χ3n) is 5.56. The normalized spacial score (nSPS) is 15.5. The minimum Gasteiger partial charge on any atom is -0.491 e. The average Bonchev–Trinajstić information content (AvgIpc) is 2.69. The topological polar surface area (TPSA) is 55.6 Å². The number of likely N-dealkylation sites (tertiary alicyclic amines) is 1. The molecule has 6 heteroatoms. The van der Waals surface area contributed by atoms with E-state index in [-0.39, 0.29) is 6.10 Å². The fourth-order valence-electron chi connectivity index (χ4n) is 4.00. The number of amides is 1. The number of hydrogen-bond donors (Lipinski definition) is 1. The van der Waals surface area contributed by atoms with E-state index in [1.807, 2.05) is 18.2 Å². The third-order valence-corrected chi connectivity index (χ3v) is 6.56. The van der Waals surface area contributed by atoms with Gasteiger partial charge in [-0.3, -0.25) is 4.79 Å². The predicted octanol–water partition coefficient (Wildman–Crippen LogP) is 5.49. The van der Waals surface area contributed by atoms with Crippen LogP contribution in [0.2, 0.25) is 5.02 Å². The van der Waals surface area contributed by atoms with Crippen molar-refractivity contribution in [3.8, 4) is 5.75 Å². The first-order valence-electron chi connectivity index (χ1n) is 10.6. The summed E-state index contributed by atoms with van der Waals surface area (Å²) >= 11 is 9.83. The van der Waals surface area contributed by atoms with Crippen molar-refractivity contribution in [3.05, 3.63) is 62.6 Å². The number of primary amides is 1. The largest absolute Gasteiger partial charge is 0.491 e. The minimum absolute atomic E-state index is 0.181. The summed E-state index contributed by atoms with van der Waals surface area (Å²) in [6, 6.07) is 11.7. The molecular weight excluding hydrogens is 464 g/mol. The van der Waals surface area contributed by atoms with E-state index < -0.39 is 5.91 Å². The van der Waals surface area contributed by atoms with Crippen molar-refractivity contribution >= 4 is 33.4 Å². The van der Waals surface area contributed by atoms with E-state index in [2.05, 4.69) is 46.8 Å². The molecule has 0 saturated carbocycles. The highest BCUT2D eigenvalue weighted by atomic mass is 79.9. The number of benzene rings is 2. The second-order valence-electron chi connectivity index (χ2n) is 8.37. The van der Waals surface area contributed by atoms with Crippen molar-refractivity contribution in [1.82, 2.24) is 4.90 Å². The van der Waals surface area contributed by atoms with Crippen molar-refractivity contribution in [3.63, 3.8) is 0 Å². The van der Waals surface area contributed by atoms with Gasteiger partial charge in [-0.1, -0.05) is 27.5 Å². The molecule has 2 aromatic rings. The minimum atomic E-state index is -0.436. The van der Waals surface area contributed by atoms with Gasteiger partial charge in [-0.15, -0.1) is 0 Å². The number of carbonyl (C=O) groups is 1. The zero-order chi connectivity index (χ0) is 21.7. The highest BCUT2D eigenvalue weighted by molar-refractivity contribution is 9.10. The molecule has 3 rings (SSSR count). The molecule has 4 nitrogen and oxygen atoms in total. The Bertz CT molecular complexity index is 880. The van der Waals surface area contributed by atoms with Crippen molar-refractivity contribution < 1.29 is 9.53 Å². The number of hydrogen-bond acceptors (Lipinski definition) is 3. The van der Waals surface area contributed by atoms with Gasteiger partial charge >= 0.3 is 0 Å². The summed E-state index contributed by atoms with van der Waals surface area (Å²) in [4.78, 5) is 13.9. The van der Waals surface area contributed by atoms with E-state index in [1.54, 1.807) is 6.07 Å². The SMILES string of the molecule is CC(C)Oc1ccc(Br)c(CC2CCN(CCc3cc(Cl)cc(C(N)=O)c3)CC2)c1. The maximum Gasteiger partial charge on any atom is 0.248 e. The van der Waals surface area contributed by atoms with Gasteiger partial charge in [-0.05, 0) is 106 Å². The van der Waals surface area contributed by atoms with Crippen LogP contribution in [0.15, 0.2) is 40.9 Å². The van der Waals surface area contributed by atoms with Crippen LogP contribution in [0.4, 0.5) is 0 Å². The summed E-state index contributed by atoms with van der Waals surface area (Å²) in [5.41, 5.74) is 8.25. The molecule has 0 aromatic heterocycles. The van der Waals surface area contributed by atoms with Gasteiger partial charge in [-0.2, -0.15) is 0 Å². The molecular formula is C24H30BrClN2O2.